The number of hydrogen-bond donors (Lipinski definition) is 4. The third-order valence-corrected chi connectivity index (χ3v) is 5.12. The predicted molar refractivity (Wildman–Crippen MR) is 126 cm³/mol. The maximum Gasteiger partial charge on any atom is 0.407 e. The lowest BCUT2D eigenvalue weighted by Gasteiger charge is -2.11. The second-order valence-electron chi connectivity index (χ2n) is 7.67. The van der Waals surface area contributed by atoms with Gasteiger partial charge in [0.25, 0.3) is 16.8 Å². The number of nitrogens with one attached hydrogen (secondary N) is 3. The van der Waals surface area contributed by atoms with Gasteiger partial charge >= 0.3 is 6.09 Å². The van der Waals surface area contributed by atoms with Gasteiger partial charge in [-0.2, -0.15) is 0 Å². The van der Waals surface area contributed by atoms with Crippen molar-refractivity contribution in [1.82, 2.24) is 10.6 Å². The Hall–Kier alpha value is -3.70. The van der Waals surface area contributed by atoms with Gasteiger partial charge in [-0.05, 0) is 31.2 Å². The van der Waals surface area contributed by atoms with Crippen molar-refractivity contribution in [3.8, 4) is 0 Å². The van der Waals surface area contributed by atoms with Crippen LogP contribution >= 0.6 is 0 Å². The normalized spacial score (nSPS) is 14.4. The van der Waals surface area contributed by atoms with Gasteiger partial charge < -0.3 is 35.9 Å². The quantitative estimate of drug-likeness (QED) is 0.176. The van der Waals surface area contributed by atoms with Gasteiger partial charge in [-0.25, -0.2) is 4.79 Å². The number of amides is 2. The molecule has 2 amide bonds. The van der Waals surface area contributed by atoms with Crippen LogP contribution in [-0.2, 0) is 14.2 Å². The van der Waals surface area contributed by atoms with Crippen molar-refractivity contribution in [2.45, 2.75) is 6.92 Å². The van der Waals surface area contributed by atoms with E-state index in [1.807, 2.05) is 13.0 Å². The van der Waals surface area contributed by atoms with Gasteiger partial charge in [-0.1, -0.05) is 11.6 Å². The third kappa shape index (κ3) is 7.15. The Morgan fingerprint density at radius 2 is 1.56 bits per heavy atom. The summed E-state index contributed by atoms with van der Waals surface area (Å²) in [7, 11) is 0. The molecule has 2 aromatic rings. The van der Waals surface area contributed by atoms with Gasteiger partial charge in [0.05, 0.1) is 26.4 Å². The Kier molecular flexibility index (Phi) is 8.77. The van der Waals surface area contributed by atoms with E-state index in [1.165, 1.54) is 5.57 Å². The lowest BCUT2D eigenvalue weighted by molar-refractivity contribution is 0.0486. The summed E-state index contributed by atoms with van der Waals surface area (Å²) in [5.41, 5.74) is 6.32. The summed E-state index contributed by atoms with van der Waals surface area (Å²) in [5, 5.41) is 8.11. The minimum atomic E-state index is -0.696. The lowest BCUT2D eigenvalue weighted by atomic mass is 10.1. The van der Waals surface area contributed by atoms with Crippen molar-refractivity contribution in [3.63, 3.8) is 0 Å². The molecule has 0 radical (unpaired) electrons. The monoisotopic (exact) mass is 472 g/mol. The average molecular weight is 472 g/mol. The van der Waals surface area contributed by atoms with Gasteiger partial charge in [0, 0.05) is 30.3 Å². The Labute approximate surface area is 195 Å². The zero-order valence-corrected chi connectivity index (χ0v) is 18.8. The summed E-state index contributed by atoms with van der Waals surface area (Å²) < 4.78 is 15.8. The smallest absolute Gasteiger partial charge is 0.407 e. The van der Waals surface area contributed by atoms with Crippen LogP contribution in [0.2, 0.25) is 0 Å². The summed E-state index contributed by atoms with van der Waals surface area (Å²) >= 11 is 0. The fourth-order valence-corrected chi connectivity index (χ4v) is 2.93. The maximum atomic E-state index is 12.2. The molecule has 0 heterocycles. The largest absolute Gasteiger partial charge is 0.449 e. The van der Waals surface area contributed by atoms with Gasteiger partial charge in [-0.3, -0.25) is 14.4 Å². The van der Waals surface area contributed by atoms with Crippen molar-refractivity contribution in [2.75, 3.05) is 57.2 Å². The van der Waals surface area contributed by atoms with Gasteiger partial charge in [0.1, 0.15) is 18.0 Å². The molecule has 0 bridgehead atoms. The van der Waals surface area contributed by atoms with E-state index in [0.717, 1.165) is 0 Å². The second-order valence-corrected chi connectivity index (χ2v) is 7.67. The highest BCUT2D eigenvalue weighted by molar-refractivity contribution is 5.94. The van der Waals surface area contributed by atoms with E-state index in [1.54, 1.807) is 24.3 Å². The SMILES string of the molecule is CC1=CC1COC(=O)NCCOCCOCCNC(=O)c1ccc(Nc2c(N)c(=O)c2=O)cc1. The summed E-state index contributed by atoms with van der Waals surface area (Å²) in [6, 6.07) is 6.39. The van der Waals surface area contributed by atoms with E-state index in [9.17, 15) is 19.2 Å². The van der Waals surface area contributed by atoms with Crippen molar-refractivity contribution in [3.05, 3.63) is 61.9 Å². The first-order valence-electron chi connectivity index (χ1n) is 10.9. The van der Waals surface area contributed by atoms with Crippen LogP contribution in [0.1, 0.15) is 17.3 Å². The molecule has 11 nitrogen and oxygen atoms in total. The molecule has 0 saturated heterocycles. The van der Waals surface area contributed by atoms with Crippen LogP contribution in [0.15, 0.2) is 45.5 Å². The Bertz CT molecular complexity index is 1100. The minimum Gasteiger partial charge on any atom is -0.449 e. The molecule has 11 heteroatoms. The molecule has 34 heavy (non-hydrogen) atoms. The molecule has 0 spiro atoms. The van der Waals surface area contributed by atoms with E-state index in [-0.39, 0.29) is 17.3 Å². The van der Waals surface area contributed by atoms with Crippen LogP contribution in [0, 0.1) is 5.92 Å². The van der Waals surface area contributed by atoms with E-state index >= 15 is 0 Å². The van der Waals surface area contributed by atoms with E-state index < -0.39 is 17.0 Å². The molecule has 182 valence electrons. The van der Waals surface area contributed by atoms with Gasteiger partial charge in [0.2, 0.25) is 0 Å². The summed E-state index contributed by atoms with van der Waals surface area (Å²) in [5.74, 6) is 0.0227. The molecule has 0 aromatic heterocycles. The van der Waals surface area contributed by atoms with E-state index in [4.69, 9.17) is 19.9 Å². The van der Waals surface area contributed by atoms with Crippen molar-refractivity contribution < 1.29 is 23.8 Å². The number of hydrogen-bond acceptors (Lipinski definition) is 9. The standard InChI is InChI=1S/C23H28N4O7/c1-14-12-16(14)13-34-23(31)26-7-9-33-11-10-32-8-6-25-22(30)15-2-4-17(5-3-15)27-19-18(24)20(28)21(19)29/h2-5,12,16,27H,6-11,13,24H2,1H3,(H,25,30)(H,26,31). The molecule has 5 N–H and O–H groups in total. The third-order valence-electron chi connectivity index (χ3n) is 5.12. The fourth-order valence-electron chi connectivity index (χ4n) is 2.93. The number of alkyl carbamates (subject to hydrolysis) is 1. The predicted octanol–water partition coefficient (Wildman–Crippen LogP) is 0.674. The molecule has 0 fully saturated rings. The number of benzene rings is 1. The first-order valence-corrected chi connectivity index (χ1v) is 10.9. The first kappa shape index (κ1) is 24.9. The topological polar surface area (TPSA) is 158 Å². The zero-order valence-electron chi connectivity index (χ0n) is 18.8. The highest BCUT2D eigenvalue weighted by Crippen LogP contribution is 2.27. The highest BCUT2D eigenvalue weighted by Gasteiger charge is 2.21. The van der Waals surface area contributed by atoms with Gasteiger partial charge in [-0.15, -0.1) is 0 Å². The molecule has 0 aliphatic heterocycles. The van der Waals surface area contributed by atoms with E-state index in [2.05, 4.69) is 16.0 Å². The number of carbonyl (C=O) groups is 2. The van der Waals surface area contributed by atoms with Gasteiger partial charge in [0.15, 0.2) is 0 Å². The van der Waals surface area contributed by atoms with Crippen LogP contribution in [0.5, 0.6) is 0 Å². The highest BCUT2D eigenvalue weighted by atomic mass is 16.6. The van der Waals surface area contributed by atoms with Crippen LogP contribution in [-0.4, -0.2) is 58.1 Å². The van der Waals surface area contributed by atoms with Crippen LogP contribution in [0.3, 0.4) is 0 Å². The van der Waals surface area contributed by atoms with Crippen LogP contribution < -0.4 is 32.5 Å². The van der Waals surface area contributed by atoms with Crippen LogP contribution in [0.4, 0.5) is 21.9 Å². The van der Waals surface area contributed by atoms with Crippen molar-refractivity contribution >= 4 is 29.1 Å². The lowest BCUT2D eigenvalue weighted by Crippen LogP contribution is -2.36. The molecule has 0 saturated carbocycles. The number of carbonyl (C=O) groups excluding carboxylic acids is 2. The molecule has 1 aliphatic rings. The number of anilines is 3. The molecule has 1 atom stereocenters. The van der Waals surface area contributed by atoms with Crippen LogP contribution in [0.25, 0.3) is 0 Å². The maximum absolute atomic E-state index is 12.2. The summed E-state index contributed by atoms with van der Waals surface area (Å²) in [6.45, 7) is 4.42. The Morgan fingerprint density at radius 1 is 0.941 bits per heavy atom. The Morgan fingerprint density at radius 3 is 2.15 bits per heavy atom. The second kappa shape index (κ2) is 12.0. The molecule has 1 unspecified atom stereocenters. The number of ether oxygens (including phenoxy) is 3. The van der Waals surface area contributed by atoms with Crippen molar-refractivity contribution in [1.29, 1.82) is 0 Å². The van der Waals surface area contributed by atoms with E-state index in [0.29, 0.717) is 63.3 Å². The number of nitrogens with two attached hydrogens (primary N) is 1. The molecule has 2 aromatic carbocycles. The molecule has 3 rings (SSSR count). The Balaban J connectivity index is 1.18. The minimum absolute atomic E-state index is 0.0683. The van der Waals surface area contributed by atoms with Crippen molar-refractivity contribution in [2.24, 2.45) is 5.92 Å². The summed E-state index contributed by atoms with van der Waals surface area (Å²) in [4.78, 5) is 46.2. The molecular weight excluding hydrogens is 444 g/mol. The zero-order chi connectivity index (χ0) is 24.5. The number of rotatable bonds is 14. The number of nitrogen functional groups attached to an aromatic ring is 1. The molecule has 1 aliphatic carbocycles. The summed E-state index contributed by atoms with van der Waals surface area (Å²) in [6.07, 6.45) is 1.58. The molecular formula is C23H28N4O7. The average Bonchev–Trinajstić information content (AvgIpc) is 3.56. The fraction of sp³-hybridized carbons (Fsp3) is 0.391. The first-order chi connectivity index (χ1) is 16.4.